The van der Waals surface area contributed by atoms with Gasteiger partial charge in [0.1, 0.15) is 5.75 Å². The molecule has 3 aromatic rings. The lowest BCUT2D eigenvalue weighted by Crippen LogP contribution is -2.34. The van der Waals surface area contributed by atoms with Gasteiger partial charge in [-0.05, 0) is 35.9 Å². The molecule has 7 nitrogen and oxygen atoms in total. The molecule has 2 amide bonds. The molecular formula is C21H20N4O3. The van der Waals surface area contributed by atoms with Gasteiger partial charge in [0.05, 0.1) is 24.9 Å². The van der Waals surface area contributed by atoms with Crippen molar-refractivity contribution < 1.29 is 14.3 Å². The highest BCUT2D eigenvalue weighted by Gasteiger charge is 2.09. The lowest BCUT2D eigenvalue weighted by atomic mass is 10.0. The Morgan fingerprint density at radius 1 is 1.14 bits per heavy atom. The van der Waals surface area contributed by atoms with E-state index in [9.17, 15) is 9.59 Å². The van der Waals surface area contributed by atoms with E-state index in [1.54, 1.807) is 24.5 Å². The number of hydrogen-bond acceptors (Lipinski definition) is 5. The molecule has 2 aromatic carbocycles. The van der Waals surface area contributed by atoms with Gasteiger partial charge in [-0.2, -0.15) is 5.10 Å². The fraction of sp³-hybridized carbons (Fsp3) is 0.143. The van der Waals surface area contributed by atoms with Gasteiger partial charge in [-0.3, -0.25) is 14.6 Å². The summed E-state index contributed by atoms with van der Waals surface area (Å²) >= 11 is 0. The highest BCUT2D eigenvalue weighted by Crippen LogP contribution is 2.26. The molecule has 0 bridgehead atoms. The highest BCUT2D eigenvalue weighted by molar-refractivity contribution is 6.03. The maximum absolute atomic E-state index is 12.0. The second-order valence-electron chi connectivity index (χ2n) is 5.85. The molecule has 0 saturated heterocycles. The quantitative estimate of drug-likeness (QED) is 0.489. The van der Waals surface area contributed by atoms with Crippen LogP contribution in [0.3, 0.4) is 0 Å². The molecule has 142 valence electrons. The fourth-order valence-corrected chi connectivity index (χ4v) is 2.66. The van der Waals surface area contributed by atoms with Crippen molar-refractivity contribution >= 4 is 28.8 Å². The van der Waals surface area contributed by atoms with E-state index >= 15 is 0 Å². The summed E-state index contributed by atoms with van der Waals surface area (Å²) in [5.74, 6) is -0.129. The number of carbonyl (C=O) groups excluding carboxylic acids is 2. The summed E-state index contributed by atoms with van der Waals surface area (Å²) in [6.45, 7) is 2.23. The zero-order valence-electron chi connectivity index (χ0n) is 15.4. The minimum absolute atomic E-state index is 0.196. The van der Waals surface area contributed by atoms with Gasteiger partial charge >= 0.3 is 0 Å². The van der Waals surface area contributed by atoms with E-state index < -0.39 is 5.91 Å². The van der Waals surface area contributed by atoms with Crippen LogP contribution in [0.25, 0.3) is 10.8 Å². The monoisotopic (exact) mass is 376 g/mol. The van der Waals surface area contributed by atoms with Gasteiger partial charge in [-0.15, -0.1) is 0 Å². The van der Waals surface area contributed by atoms with Gasteiger partial charge < -0.3 is 10.1 Å². The number of carbonyl (C=O) groups is 2. The van der Waals surface area contributed by atoms with Gasteiger partial charge in [0.2, 0.25) is 0 Å². The molecule has 0 aliphatic heterocycles. The van der Waals surface area contributed by atoms with Gasteiger partial charge in [0.15, 0.2) is 0 Å². The first-order chi connectivity index (χ1) is 13.7. The van der Waals surface area contributed by atoms with Crippen LogP contribution in [0.1, 0.15) is 22.8 Å². The Hall–Kier alpha value is -3.74. The van der Waals surface area contributed by atoms with Crippen molar-refractivity contribution in [3.05, 3.63) is 72.1 Å². The minimum atomic E-state index is -0.438. The number of ether oxygens (including phenoxy) is 1. The average Bonchev–Trinajstić information content (AvgIpc) is 2.74. The summed E-state index contributed by atoms with van der Waals surface area (Å²) in [5.41, 5.74) is 3.58. The second kappa shape index (κ2) is 9.27. The van der Waals surface area contributed by atoms with Crippen molar-refractivity contribution in [1.29, 1.82) is 0 Å². The van der Waals surface area contributed by atoms with Crippen molar-refractivity contribution in [1.82, 2.24) is 15.7 Å². The summed E-state index contributed by atoms with van der Waals surface area (Å²) in [4.78, 5) is 27.7. The van der Waals surface area contributed by atoms with E-state index in [1.807, 2.05) is 43.3 Å². The molecular weight excluding hydrogens is 356 g/mol. The van der Waals surface area contributed by atoms with Crippen LogP contribution in [0.5, 0.6) is 5.75 Å². The number of hydrazone groups is 1. The third-order valence-corrected chi connectivity index (χ3v) is 3.95. The minimum Gasteiger partial charge on any atom is -0.493 e. The molecule has 0 aliphatic carbocycles. The number of nitrogens with zero attached hydrogens (tertiary/aromatic N) is 2. The summed E-state index contributed by atoms with van der Waals surface area (Å²) < 4.78 is 5.66. The number of fused-ring (bicyclic) bond motifs is 1. The molecule has 0 aliphatic rings. The Kier molecular flexibility index (Phi) is 6.30. The topological polar surface area (TPSA) is 92.7 Å². The average molecular weight is 376 g/mol. The molecule has 0 atom stereocenters. The van der Waals surface area contributed by atoms with E-state index in [0.29, 0.717) is 17.9 Å². The molecule has 3 rings (SSSR count). The highest BCUT2D eigenvalue weighted by atomic mass is 16.5. The molecule has 0 unspecified atom stereocenters. The Morgan fingerprint density at radius 2 is 2.00 bits per heavy atom. The van der Waals surface area contributed by atoms with E-state index in [0.717, 1.165) is 16.3 Å². The third-order valence-electron chi connectivity index (χ3n) is 3.95. The van der Waals surface area contributed by atoms with Crippen LogP contribution in [-0.2, 0) is 4.79 Å². The summed E-state index contributed by atoms with van der Waals surface area (Å²) in [7, 11) is 0. The molecule has 1 heterocycles. The first-order valence-electron chi connectivity index (χ1n) is 8.83. The molecule has 2 N–H and O–H groups in total. The van der Waals surface area contributed by atoms with Crippen molar-refractivity contribution in [3.63, 3.8) is 0 Å². The summed E-state index contributed by atoms with van der Waals surface area (Å²) in [5, 5.41) is 8.55. The first-order valence-corrected chi connectivity index (χ1v) is 8.83. The van der Waals surface area contributed by atoms with Crippen LogP contribution in [0.2, 0.25) is 0 Å². The number of pyridine rings is 1. The van der Waals surface area contributed by atoms with Crippen LogP contribution in [0.4, 0.5) is 0 Å². The van der Waals surface area contributed by atoms with Crippen LogP contribution >= 0.6 is 0 Å². The van der Waals surface area contributed by atoms with Crippen LogP contribution in [0.15, 0.2) is 66.0 Å². The molecule has 28 heavy (non-hydrogen) atoms. The molecule has 0 saturated carbocycles. The summed E-state index contributed by atoms with van der Waals surface area (Å²) in [6, 6.07) is 15.0. The first kappa shape index (κ1) is 19.0. The van der Waals surface area contributed by atoms with E-state index in [-0.39, 0.29) is 12.5 Å². The Labute approximate surface area is 162 Å². The Bertz CT molecular complexity index is 1000. The maximum Gasteiger partial charge on any atom is 0.259 e. The van der Waals surface area contributed by atoms with Crippen molar-refractivity contribution in [2.75, 3.05) is 13.2 Å². The van der Waals surface area contributed by atoms with Crippen LogP contribution in [0, 0.1) is 0 Å². The molecule has 7 heteroatoms. The predicted molar refractivity (Wildman–Crippen MR) is 107 cm³/mol. The van der Waals surface area contributed by atoms with Gasteiger partial charge in [0, 0.05) is 18.0 Å². The van der Waals surface area contributed by atoms with Crippen LogP contribution in [-0.4, -0.2) is 36.2 Å². The van der Waals surface area contributed by atoms with E-state index in [1.165, 1.54) is 6.20 Å². The van der Waals surface area contributed by atoms with Gasteiger partial charge in [0.25, 0.3) is 11.8 Å². The largest absolute Gasteiger partial charge is 0.493 e. The van der Waals surface area contributed by atoms with Crippen molar-refractivity contribution in [2.24, 2.45) is 5.10 Å². The Balaban J connectivity index is 1.64. The molecule has 0 fully saturated rings. The van der Waals surface area contributed by atoms with E-state index in [2.05, 4.69) is 20.8 Å². The zero-order valence-corrected chi connectivity index (χ0v) is 15.4. The number of hydrogen-bond donors (Lipinski definition) is 2. The third kappa shape index (κ3) is 4.70. The maximum atomic E-state index is 12.0. The van der Waals surface area contributed by atoms with Crippen molar-refractivity contribution in [2.45, 2.75) is 6.92 Å². The SMILES string of the molecule is CCOc1ccc2ccccc2c1/C=N\NC(=O)CNC(=O)c1cccnc1. The number of rotatable bonds is 7. The van der Waals surface area contributed by atoms with Crippen molar-refractivity contribution in [3.8, 4) is 5.75 Å². The standard InChI is InChI=1S/C21H20N4O3/c1-2-28-19-10-9-15-6-3-4-8-17(15)18(19)13-24-25-20(26)14-23-21(27)16-7-5-11-22-12-16/h3-13H,2,14H2,1H3,(H,23,27)(H,25,26)/b24-13-. The smallest absolute Gasteiger partial charge is 0.259 e. The number of nitrogens with one attached hydrogen (secondary N) is 2. The number of amides is 2. The lowest BCUT2D eigenvalue weighted by molar-refractivity contribution is -0.120. The predicted octanol–water partition coefficient (Wildman–Crippen LogP) is 2.51. The molecule has 0 radical (unpaired) electrons. The van der Waals surface area contributed by atoms with Crippen LogP contribution < -0.4 is 15.5 Å². The fourth-order valence-electron chi connectivity index (χ4n) is 2.66. The van der Waals surface area contributed by atoms with Gasteiger partial charge in [-0.1, -0.05) is 30.3 Å². The molecule has 1 aromatic heterocycles. The zero-order chi connectivity index (χ0) is 19.8. The number of benzene rings is 2. The lowest BCUT2D eigenvalue weighted by Gasteiger charge is -2.10. The number of aromatic nitrogens is 1. The van der Waals surface area contributed by atoms with Gasteiger partial charge in [-0.25, -0.2) is 5.43 Å². The van der Waals surface area contributed by atoms with E-state index in [4.69, 9.17) is 4.74 Å². The summed E-state index contributed by atoms with van der Waals surface area (Å²) in [6.07, 6.45) is 4.55. The molecule has 0 spiro atoms. The second-order valence-corrected chi connectivity index (χ2v) is 5.85. The Morgan fingerprint density at radius 3 is 2.79 bits per heavy atom. The normalized spacial score (nSPS) is 10.8.